The molecule has 1 saturated carbocycles. The number of carboxylic acid groups (broad SMARTS) is 1. The van der Waals surface area contributed by atoms with Crippen LogP contribution >= 0.6 is 0 Å². The van der Waals surface area contributed by atoms with Gasteiger partial charge in [-0.25, -0.2) is 4.79 Å². The fourth-order valence-corrected chi connectivity index (χ4v) is 2.53. The van der Waals surface area contributed by atoms with E-state index in [0.29, 0.717) is 6.54 Å². The summed E-state index contributed by atoms with van der Waals surface area (Å²) in [7, 11) is 0. The minimum atomic E-state index is -1.10. The summed E-state index contributed by atoms with van der Waals surface area (Å²) >= 11 is 0. The van der Waals surface area contributed by atoms with Crippen molar-refractivity contribution < 1.29 is 19.1 Å². The van der Waals surface area contributed by atoms with Crippen molar-refractivity contribution in [3.05, 3.63) is 23.7 Å². The number of nitrogens with one attached hydrogen (secondary N) is 1. The molecule has 2 N–H and O–H groups in total. The van der Waals surface area contributed by atoms with E-state index in [1.54, 1.807) is 0 Å². The highest BCUT2D eigenvalue weighted by molar-refractivity contribution is 5.95. The van der Waals surface area contributed by atoms with E-state index in [4.69, 9.17) is 9.52 Å². The van der Waals surface area contributed by atoms with Crippen LogP contribution in [0.3, 0.4) is 0 Å². The molecule has 1 amide bonds. The molecule has 19 heavy (non-hydrogen) atoms. The van der Waals surface area contributed by atoms with E-state index in [0.717, 1.165) is 19.1 Å². The highest BCUT2D eigenvalue weighted by Crippen LogP contribution is 2.34. The van der Waals surface area contributed by atoms with Gasteiger partial charge in [-0.05, 0) is 18.3 Å². The Morgan fingerprint density at radius 3 is 2.63 bits per heavy atom. The minimum Gasteiger partial charge on any atom is -0.478 e. The summed E-state index contributed by atoms with van der Waals surface area (Å²) in [5.41, 5.74) is 0.143. The van der Waals surface area contributed by atoms with Gasteiger partial charge >= 0.3 is 5.97 Å². The number of amides is 1. The van der Waals surface area contributed by atoms with Gasteiger partial charge < -0.3 is 14.8 Å². The summed E-state index contributed by atoms with van der Waals surface area (Å²) in [5, 5.41) is 11.6. The van der Waals surface area contributed by atoms with Gasteiger partial charge in [-0.2, -0.15) is 0 Å². The Morgan fingerprint density at radius 2 is 2.05 bits per heavy atom. The van der Waals surface area contributed by atoms with Crippen LogP contribution in [0.15, 0.2) is 16.7 Å². The fraction of sp³-hybridized carbons (Fsp3) is 0.571. The van der Waals surface area contributed by atoms with Crippen LogP contribution in [0.25, 0.3) is 0 Å². The molecular weight excluding hydrogens is 246 g/mol. The Hall–Kier alpha value is -1.78. The van der Waals surface area contributed by atoms with Gasteiger partial charge in [-0.15, -0.1) is 0 Å². The topological polar surface area (TPSA) is 79.5 Å². The van der Waals surface area contributed by atoms with E-state index < -0.39 is 5.97 Å². The predicted octanol–water partition coefficient (Wildman–Crippen LogP) is 2.68. The van der Waals surface area contributed by atoms with Crippen molar-refractivity contribution in [3.8, 4) is 0 Å². The van der Waals surface area contributed by atoms with Crippen molar-refractivity contribution in [1.29, 1.82) is 0 Å². The third-order valence-electron chi connectivity index (χ3n) is 3.81. The molecule has 0 spiro atoms. The zero-order chi connectivity index (χ0) is 13.9. The Balaban J connectivity index is 1.91. The van der Waals surface area contributed by atoms with Gasteiger partial charge in [0.25, 0.3) is 5.91 Å². The maximum absolute atomic E-state index is 11.9. The quantitative estimate of drug-likeness (QED) is 0.877. The Bertz CT molecular complexity index is 472. The highest BCUT2D eigenvalue weighted by Gasteiger charge is 2.27. The molecule has 0 saturated heterocycles. The van der Waals surface area contributed by atoms with Gasteiger partial charge in [0.05, 0.1) is 5.56 Å². The molecule has 2 rings (SSSR count). The molecular formula is C14H19NO4. The molecule has 5 nitrogen and oxygen atoms in total. The number of hydrogen-bond acceptors (Lipinski definition) is 3. The second-order valence-electron chi connectivity index (χ2n) is 5.56. The first-order valence-corrected chi connectivity index (χ1v) is 6.60. The Kier molecular flexibility index (Phi) is 3.93. The monoisotopic (exact) mass is 265 g/mol. The van der Waals surface area contributed by atoms with Gasteiger partial charge in [0.15, 0.2) is 5.76 Å². The molecule has 0 bridgehead atoms. The molecule has 0 unspecified atom stereocenters. The van der Waals surface area contributed by atoms with Gasteiger partial charge in [-0.3, -0.25) is 4.79 Å². The number of rotatable bonds is 4. The Labute approximate surface area is 112 Å². The zero-order valence-electron chi connectivity index (χ0n) is 11.1. The average Bonchev–Trinajstić information content (AvgIpc) is 2.87. The number of carbonyl (C=O) groups is 2. The highest BCUT2D eigenvalue weighted by atomic mass is 16.4. The smallest absolute Gasteiger partial charge is 0.338 e. The molecule has 1 aromatic heterocycles. The van der Waals surface area contributed by atoms with Gasteiger partial charge in [0, 0.05) is 12.6 Å². The summed E-state index contributed by atoms with van der Waals surface area (Å²) in [6, 6.07) is 1.25. The van der Waals surface area contributed by atoms with E-state index in [-0.39, 0.29) is 22.6 Å². The zero-order valence-corrected chi connectivity index (χ0v) is 11.1. The largest absolute Gasteiger partial charge is 0.478 e. The normalized spacial score (nSPS) is 17.9. The molecule has 5 heteroatoms. The molecule has 104 valence electrons. The van der Waals surface area contributed by atoms with Crippen LogP contribution in [0.2, 0.25) is 0 Å². The third kappa shape index (κ3) is 3.36. The van der Waals surface area contributed by atoms with Crippen molar-refractivity contribution in [1.82, 2.24) is 5.32 Å². The lowest BCUT2D eigenvalue weighted by atomic mass is 9.76. The molecule has 0 atom stereocenters. The summed E-state index contributed by atoms with van der Waals surface area (Å²) < 4.78 is 4.97. The van der Waals surface area contributed by atoms with Gasteiger partial charge in [0.1, 0.15) is 6.26 Å². The van der Waals surface area contributed by atoms with E-state index in [1.807, 2.05) is 0 Å². The molecule has 0 aliphatic heterocycles. The van der Waals surface area contributed by atoms with Gasteiger partial charge in [0.2, 0.25) is 0 Å². The standard InChI is InChI=1S/C14H19NO4/c1-14(5-3-2-4-6-14)9-15-12(16)11-7-10(8-19-11)13(17)18/h7-8H,2-6,9H2,1H3,(H,15,16)(H,17,18). The second-order valence-corrected chi connectivity index (χ2v) is 5.56. The van der Waals surface area contributed by atoms with Crippen molar-refractivity contribution in [2.24, 2.45) is 5.41 Å². The van der Waals surface area contributed by atoms with E-state index in [1.165, 1.54) is 25.3 Å². The van der Waals surface area contributed by atoms with Crippen LogP contribution in [-0.4, -0.2) is 23.5 Å². The molecule has 0 aromatic carbocycles. The SMILES string of the molecule is CC1(CNC(=O)c2cc(C(=O)O)co2)CCCCC1. The summed E-state index contributed by atoms with van der Waals surface area (Å²) in [5.74, 6) is -1.39. The summed E-state index contributed by atoms with van der Waals surface area (Å²) in [4.78, 5) is 22.6. The maximum atomic E-state index is 11.9. The lowest BCUT2D eigenvalue weighted by molar-refractivity contribution is 0.0696. The molecule has 0 radical (unpaired) electrons. The lowest BCUT2D eigenvalue weighted by Gasteiger charge is -2.33. The average molecular weight is 265 g/mol. The van der Waals surface area contributed by atoms with Gasteiger partial charge in [-0.1, -0.05) is 26.2 Å². The number of hydrogen-bond donors (Lipinski definition) is 2. The number of carbonyl (C=O) groups excluding carboxylic acids is 1. The lowest BCUT2D eigenvalue weighted by Crippen LogP contribution is -2.36. The maximum Gasteiger partial charge on any atom is 0.338 e. The first kappa shape index (κ1) is 13.6. The van der Waals surface area contributed by atoms with Crippen LogP contribution in [0.1, 0.15) is 59.9 Å². The van der Waals surface area contributed by atoms with Crippen LogP contribution < -0.4 is 5.32 Å². The van der Waals surface area contributed by atoms with E-state index in [9.17, 15) is 9.59 Å². The molecule has 1 heterocycles. The van der Waals surface area contributed by atoms with Crippen LogP contribution in [-0.2, 0) is 0 Å². The van der Waals surface area contributed by atoms with E-state index in [2.05, 4.69) is 12.2 Å². The first-order chi connectivity index (χ1) is 9.00. The number of furan rings is 1. The van der Waals surface area contributed by atoms with E-state index >= 15 is 0 Å². The van der Waals surface area contributed by atoms with Crippen molar-refractivity contribution in [3.63, 3.8) is 0 Å². The summed E-state index contributed by atoms with van der Waals surface area (Å²) in [6.45, 7) is 2.78. The van der Waals surface area contributed by atoms with Crippen molar-refractivity contribution in [2.45, 2.75) is 39.0 Å². The Morgan fingerprint density at radius 1 is 1.37 bits per heavy atom. The number of carboxylic acids is 1. The summed E-state index contributed by atoms with van der Waals surface area (Å²) in [6.07, 6.45) is 6.99. The molecule has 1 aliphatic carbocycles. The van der Waals surface area contributed by atoms with Crippen LogP contribution in [0.4, 0.5) is 0 Å². The first-order valence-electron chi connectivity index (χ1n) is 6.60. The number of aromatic carboxylic acids is 1. The molecule has 1 aliphatic rings. The minimum absolute atomic E-state index is 0.00553. The second kappa shape index (κ2) is 5.47. The molecule has 1 fully saturated rings. The fourth-order valence-electron chi connectivity index (χ4n) is 2.53. The van der Waals surface area contributed by atoms with Crippen molar-refractivity contribution >= 4 is 11.9 Å². The molecule has 1 aromatic rings. The predicted molar refractivity (Wildman–Crippen MR) is 69.2 cm³/mol. The van der Waals surface area contributed by atoms with Crippen LogP contribution in [0.5, 0.6) is 0 Å². The van der Waals surface area contributed by atoms with Crippen molar-refractivity contribution in [2.75, 3.05) is 6.54 Å². The third-order valence-corrected chi connectivity index (χ3v) is 3.81. The van der Waals surface area contributed by atoms with Crippen LogP contribution in [0, 0.1) is 5.41 Å².